The molecule has 2 aliphatic rings. The number of ether oxygens (including phenoxy) is 1. The zero-order chi connectivity index (χ0) is 24.9. The number of likely N-dealkylation sites (tertiary alicyclic amines) is 1. The first-order chi connectivity index (χ1) is 16.8. The summed E-state index contributed by atoms with van der Waals surface area (Å²) in [5, 5.41) is 5.89. The topological polar surface area (TPSA) is 101 Å². The van der Waals surface area contributed by atoms with Gasteiger partial charge in [-0.15, -0.1) is 0 Å². The van der Waals surface area contributed by atoms with Gasteiger partial charge in [0.05, 0.1) is 16.6 Å². The van der Waals surface area contributed by atoms with Crippen LogP contribution in [0.2, 0.25) is 0 Å². The fourth-order valence-corrected chi connectivity index (χ4v) is 5.67. The fourth-order valence-electron chi connectivity index (χ4n) is 4.82. The van der Waals surface area contributed by atoms with Gasteiger partial charge in [0.1, 0.15) is 5.82 Å². The summed E-state index contributed by atoms with van der Waals surface area (Å²) in [6.45, 7) is 4.92. The van der Waals surface area contributed by atoms with Crippen LogP contribution in [0.15, 0.2) is 24.3 Å². The number of aromatic nitrogens is 1. The lowest BCUT2D eigenvalue weighted by Crippen LogP contribution is -2.56. The van der Waals surface area contributed by atoms with Crippen molar-refractivity contribution in [3.8, 4) is 0 Å². The van der Waals surface area contributed by atoms with E-state index in [1.165, 1.54) is 19.1 Å². The average molecular weight is 503 g/mol. The second kappa shape index (κ2) is 11.3. The van der Waals surface area contributed by atoms with Crippen LogP contribution in [0.25, 0.3) is 0 Å². The fraction of sp³-hybridized carbons (Fsp3) is 0.520. The van der Waals surface area contributed by atoms with Gasteiger partial charge in [-0.05, 0) is 62.6 Å². The Morgan fingerprint density at radius 1 is 1.20 bits per heavy atom. The van der Waals surface area contributed by atoms with Gasteiger partial charge in [-0.2, -0.15) is 0 Å². The number of carbonyl (C=O) groups excluding carboxylic acids is 3. The van der Waals surface area contributed by atoms with Gasteiger partial charge in [0.25, 0.3) is 5.91 Å². The molecule has 0 radical (unpaired) electrons. The van der Waals surface area contributed by atoms with Crippen molar-refractivity contribution in [3.05, 3.63) is 46.2 Å². The van der Waals surface area contributed by atoms with Crippen LogP contribution in [0.4, 0.5) is 14.3 Å². The predicted octanol–water partition coefficient (Wildman–Crippen LogP) is 3.94. The van der Waals surface area contributed by atoms with E-state index < -0.39 is 18.2 Å². The number of halogens is 1. The molecule has 1 aromatic heterocycles. The molecule has 3 amide bonds. The van der Waals surface area contributed by atoms with Gasteiger partial charge in [-0.3, -0.25) is 14.9 Å². The molecule has 188 valence electrons. The molecule has 0 bridgehead atoms. The minimum Gasteiger partial charge on any atom is -0.366 e. The van der Waals surface area contributed by atoms with E-state index in [4.69, 9.17) is 4.74 Å². The molecule has 4 rings (SSSR count). The van der Waals surface area contributed by atoms with Crippen molar-refractivity contribution >= 4 is 34.2 Å². The highest BCUT2D eigenvalue weighted by Gasteiger charge is 2.37. The number of thiazole rings is 1. The highest BCUT2D eigenvalue weighted by Crippen LogP contribution is 2.25. The van der Waals surface area contributed by atoms with Crippen LogP contribution in [0.1, 0.15) is 53.5 Å². The van der Waals surface area contributed by atoms with E-state index >= 15 is 0 Å². The number of aryl methyl sites for hydroxylation is 1. The first-order valence-corrected chi connectivity index (χ1v) is 12.8. The van der Waals surface area contributed by atoms with Gasteiger partial charge in [0, 0.05) is 26.6 Å². The molecule has 2 saturated heterocycles. The number of nitrogens with zero attached hydrogens (tertiary/aromatic N) is 2. The van der Waals surface area contributed by atoms with Crippen LogP contribution < -0.4 is 10.6 Å². The molecule has 35 heavy (non-hydrogen) atoms. The van der Waals surface area contributed by atoms with E-state index in [1.54, 1.807) is 19.1 Å². The molecule has 2 fully saturated rings. The molecule has 10 heteroatoms. The van der Waals surface area contributed by atoms with E-state index in [9.17, 15) is 18.8 Å². The van der Waals surface area contributed by atoms with Crippen molar-refractivity contribution in [2.24, 2.45) is 5.92 Å². The molecule has 0 aliphatic carbocycles. The van der Waals surface area contributed by atoms with Crippen LogP contribution in [0, 0.1) is 18.7 Å². The van der Waals surface area contributed by atoms with Crippen LogP contribution in [-0.4, -0.2) is 59.4 Å². The van der Waals surface area contributed by atoms with E-state index in [-0.39, 0.29) is 17.5 Å². The van der Waals surface area contributed by atoms with E-state index in [2.05, 4.69) is 15.6 Å². The number of urea groups is 1. The summed E-state index contributed by atoms with van der Waals surface area (Å²) in [4.78, 5) is 44.3. The Labute approximate surface area is 208 Å². The van der Waals surface area contributed by atoms with Crippen LogP contribution >= 0.6 is 11.3 Å². The maximum Gasteiger partial charge on any atom is 0.321 e. The predicted molar refractivity (Wildman–Crippen MR) is 131 cm³/mol. The quantitative estimate of drug-likeness (QED) is 0.583. The monoisotopic (exact) mass is 502 g/mol. The average Bonchev–Trinajstić information content (AvgIpc) is 3.20. The van der Waals surface area contributed by atoms with Crippen molar-refractivity contribution in [1.29, 1.82) is 0 Å². The summed E-state index contributed by atoms with van der Waals surface area (Å²) < 4.78 is 19.1. The van der Waals surface area contributed by atoms with Gasteiger partial charge in [0.15, 0.2) is 17.0 Å². The van der Waals surface area contributed by atoms with Crippen molar-refractivity contribution in [2.75, 3.05) is 25.0 Å². The Hall–Kier alpha value is -2.85. The minimum atomic E-state index is -0.745. The standard InChI is InChI=1S/C25H31FN4O4S/c1-15-22(16(2)31)35-25(27-15)29-24(33)28-20-6-4-12-34-21(20)23(32)30-11-3-5-18(14-30)13-17-7-9-19(26)10-8-17/h7-10,18,20-21H,3-6,11-14H2,1-2H3,(H2,27,28,29,33). The molecule has 0 saturated carbocycles. The number of amides is 3. The molecule has 8 nitrogen and oxygen atoms in total. The third-order valence-electron chi connectivity index (χ3n) is 6.49. The Morgan fingerprint density at radius 2 is 1.97 bits per heavy atom. The summed E-state index contributed by atoms with van der Waals surface area (Å²) in [6, 6.07) is 5.58. The molecule has 2 N–H and O–H groups in total. The van der Waals surface area contributed by atoms with E-state index in [1.807, 2.05) is 4.90 Å². The second-order valence-electron chi connectivity index (χ2n) is 9.25. The Balaban J connectivity index is 1.36. The largest absolute Gasteiger partial charge is 0.366 e. The molecule has 2 aliphatic heterocycles. The van der Waals surface area contributed by atoms with Crippen molar-refractivity contribution in [3.63, 3.8) is 0 Å². The maximum absolute atomic E-state index is 13.4. The number of rotatable bonds is 6. The highest BCUT2D eigenvalue weighted by molar-refractivity contribution is 7.17. The number of nitrogens with one attached hydrogen (secondary N) is 2. The normalized spacial score (nSPS) is 22.5. The van der Waals surface area contributed by atoms with E-state index in [0.717, 1.165) is 42.6 Å². The number of ketones is 1. The molecule has 0 spiro atoms. The first-order valence-electron chi connectivity index (χ1n) is 12.0. The lowest BCUT2D eigenvalue weighted by Gasteiger charge is -2.38. The van der Waals surface area contributed by atoms with Gasteiger partial charge in [-0.25, -0.2) is 14.2 Å². The second-order valence-corrected chi connectivity index (χ2v) is 10.3. The van der Waals surface area contributed by atoms with Gasteiger partial charge in [-0.1, -0.05) is 23.5 Å². The molecule has 3 heterocycles. The van der Waals surface area contributed by atoms with Crippen molar-refractivity contribution < 1.29 is 23.5 Å². The number of anilines is 1. The summed E-state index contributed by atoms with van der Waals surface area (Å²) in [5.74, 6) is -0.169. The number of Topliss-reactive ketones (excluding diaryl/α,β-unsaturated/α-hetero) is 1. The summed E-state index contributed by atoms with van der Waals surface area (Å²) in [6.07, 6.45) is 3.32. The highest BCUT2D eigenvalue weighted by atomic mass is 32.1. The molecule has 1 aromatic carbocycles. The Morgan fingerprint density at radius 3 is 2.69 bits per heavy atom. The molecular formula is C25H31FN4O4S. The number of benzene rings is 1. The third-order valence-corrected chi connectivity index (χ3v) is 7.66. The Bertz CT molecular complexity index is 1070. The van der Waals surface area contributed by atoms with Crippen molar-refractivity contribution in [2.45, 2.75) is 58.1 Å². The summed E-state index contributed by atoms with van der Waals surface area (Å²) in [5.41, 5.74) is 1.63. The first kappa shape index (κ1) is 25.2. The lowest BCUT2D eigenvalue weighted by atomic mass is 9.90. The summed E-state index contributed by atoms with van der Waals surface area (Å²) >= 11 is 1.13. The lowest BCUT2D eigenvalue weighted by molar-refractivity contribution is -0.150. The number of carbonyl (C=O) groups is 3. The summed E-state index contributed by atoms with van der Waals surface area (Å²) in [7, 11) is 0. The van der Waals surface area contributed by atoms with Crippen LogP contribution in [-0.2, 0) is 16.0 Å². The number of piperidine rings is 1. The van der Waals surface area contributed by atoms with Crippen LogP contribution in [0.3, 0.4) is 0 Å². The maximum atomic E-state index is 13.4. The van der Waals surface area contributed by atoms with Gasteiger partial charge >= 0.3 is 6.03 Å². The smallest absolute Gasteiger partial charge is 0.321 e. The number of hydrogen-bond acceptors (Lipinski definition) is 6. The molecular weight excluding hydrogens is 471 g/mol. The van der Waals surface area contributed by atoms with Crippen molar-refractivity contribution in [1.82, 2.24) is 15.2 Å². The van der Waals surface area contributed by atoms with Crippen LogP contribution in [0.5, 0.6) is 0 Å². The SMILES string of the molecule is CC(=O)c1sc(NC(=O)NC2CCCOC2C(=O)N2CCCC(Cc3ccc(F)cc3)C2)nc1C. The minimum absolute atomic E-state index is 0.0981. The molecule has 2 aromatic rings. The third kappa shape index (κ3) is 6.43. The zero-order valence-electron chi connectivity index (χ0n) is 20.0. The molecule has 3 unspecified atom stereocenters. The van der Waals surface area contributed by atoms with E-state index in [0.29, 0.717) is 47.7 Å². The Kier molecular flexibility index (Phi) is 8.12. The van der Waals surface area contributed by atoms with Gasteiger partial charge in [0.2, 0.25) is 0 Å². The van der Waals surface area contributed by atoms with Gasteiger partial charge < -0.3 is 15.0 Å². The molecule has 3 atom stereocenters. The zero-order valence-corrected chi connectivity index (χ0v) is 20.8. The number of hydrogen-bond donors (Lipinski definition) is 2.